The number of methoxy groups -OCH3 is 4. The van der Waals surface area contributed by atoms with E-state index >= 15 is 0 Å². The minimum Gasteiger partial charge on any atom is -0.504 e. The van der Waals surface area contributed by atoms with E-state index in [-0.39, 0.29) is 45.3 Å². The van der Waals surface area contributed by atoms with Crippen LogP contribution in [0.15, 0.2) is 63.8 Å². The average molecular weight is 462 g/mol. The molecule has 0 amide bonds. The molecule has 0 aliphatic heterocycles. The van der Waals surface area contributed by atoms with Crippen LogP contribution in [-0.2, 0) is 0 Å². The third kappa shape index (κ3) is 3.69. The van der Waals surface area contributed by atoms with Gasteiger partial charge in [-0.05, 0) is 18.2 Å². The van der Waals surface area contributed by atoms with E-state index in [1.54, 1.807) is 42.5 Å². The lowest BCUT2D eigenvalue weighted by molar-refractivity contribution is 0.103. The lowest BCUT2D eigenvalue weighted by Crippen LogP contribution is -2.09. The molecule has 0 spiro atoms. The van der Waals surface area contributed by atoms with E-state index in [0.717, 1.165) is 0 Å². The van der Waals surface area contributed by atoms with Crippen molar-refractivity contribution in [2.45, 2.75) is 0 Å². The summed E-state index contributed by atoms with van der Waals surface area (Å²) >= 11 is 0. The summed E-state index contributed by atoms with van der Waals surface area (Å²) in [6.45, 7) is 0. The van der Waals surface area contributed by atoms with Gasteiger partial charge in [0.1, 0.15) is 16.7 Å². The molecular weight excluding hydrogens is 440 g/mol. The first-order valence-corrected chi connectivity index (χ1v) is 10.2. The van der Waals surface area contributed by atoms with Crippen molar-refractivity contribution in [1.82, 2.24) is 0 Å². The number of rotatable bonds is 7. The Morgan fingerprint density at radius 3 is 2.12 bits per heavy atom. The first-order chi connectivity index (χ1) is 16.4. The SMILES string of the molecule is COc1ccc(-c2oc3cc(OC)c(OC)c(O)c3c(=O)c2OC)cc1C(=O)c1ccccc1. The summed E-state index contributed by atoms with van der Waals surface area (Å²) in [5, 5.41) is 10.5. The van der Waals surface area contributed by atoms with Gasteiger partial charge in [-0.3, -0.25) is 9.59 Å². The molecule has 0 saturated carbocycles. The summed E-state index contributed by atoms with van der Waals surface area (Å²) in [7, 11) is 5.53. The van der Waals surface area contributed by atoms with Gasteiger partial charge in [0.25, 0.3) is 0 Å². The normalized spacial score (nSPS) is 10.7. The minimum absolute atomic E-state index is 0.00251. The minimum atomic E-state index is -0.607. The molecule has 1 N–H and O–H groups in total. The van der Waals surface area contributed by atoms with Crippen LogP contribution < -0.4 is 24.4 Å². The number of aromatic hydroxyl groups is 1. The van der Waals surface area contributed by atoms with Crippen molar-refractivity contribution in [3.8, 4) is 40.1 Å². The van der Waals surface area contributed by atoms with Crippen LogP contribution in [0.3, 0.4) is 0 Å². The molecular formula is C26H22O8. The second kappa shape index (κ2) is 9.19. The van der Waals surface area contributed by atoms with Crippen molar-refractivity contribution in [2.24, 2.45) is 0 Å². The molecule has 174 valence electrons. The first kappa shape index (κ1) is 22.7. The summed E-state index contributed by atoms with van der Waals surface area (Å²) in [5.74, 6) is -0.201. The Hall–Kier alpha value is -4.46. The number of ketones is 1. The summed E-state index contributed by atoms with van der Waals surface area (Å²) in [6.07, 6.45) is 0. The molecule has 0 saturated heterocycles. The second-order valence-corrected chi connectivity index (χ2v) is 7.24. The number of fused-ring (bicyclic) bond motifs is 1. The van der Waals surface area contributed by atoms with E-state index in [0.29, 0.717) is 16.9 Å². The van der Waals surface area contributed by atoms with E-state index in [9.17, 15) is 14.7 Å². The largest absolute Gasteiger partial charge is 0.504 e. The summed E-state index contributed by atoms with van der Waals surface area (Å²) in [4.78, 5) is 26.4. The number of phenols is 1. The monoisotopic (exact) mass is 462 g/mol. The fraction of sp³-hybridized carbons (Fsp3) is 0.154. The lowest BCUT2D eigenvalue weighted by atomic mass is 9.99. The van der Waals surface area contributed by atoms with Crippen LogP contribution in [0.25, 0.3) is 22.3 Å². The van der Waals surface area contributed by atoms with Gasteiger partial charge in [-0.15, -0.1) is 0 Å². The zero-order valence-corrected chi connectivity index (χ0v) is 19.0. The van der Waals surface area contributed by atoms with Crippen LogP contribution in [0.2, 0.25) is 0 Å². The van der Waals surface area contributed by atoms with E-state index in [1.807, 2.05) is 6.07 Å². The standard InChI is InChI=1S/C26H22O8/c1-30-17-11-10-15(12-16(17)21(27)14-8-6-5-7-9-14)24-26(33-4)23(29)20-18(34-24)13-19(31-2)25(32-3)22(20)28/h5-13,28H,1-4H3. The zero-order chi connectivity index (χ0) is 24.4. The Morgan fingerprint density at radius 2 is 1.50 bits per heavy atom. The number of hydrogen-bond donors (Lipinski definition) is 1. The van der Waals surface area contributed by atoms with Crippen LogP contribution in [0, 0.1) is 0 Å². The summed E-state index contributed by atoms with van der Waals surface area (Å²) in [6, 6.07) is 15.0. The molecule has 0 atom stereocenters. The Balaban J connectivity index is 1.98. The molecule has 0 fully saturated rings. The van der Waals surface area contributed by atoms with Gasteiger partial charge in [-0.1, -0.05) is 30.3 Å². The molecule has 1 aromatic heterocycles. The van der Waals surface area contributed by atoms with Crippen molar-refractivity contribution < 1.29 is 33.3 Å². The Morgan fingerprint density at radius 1 is 0.824 bits per heavy atom. The van der Waals surface area contributed by atoms with Gasteiger partial charge in [-0.2, -0.15) is 0 Å². The third-order valence-electron chi connectivity index (χ3n) is 5.41. The van der Waals surface area contributed by atoms with Crippen molar-refractivity contribution in [1.29, 1.82) is 0 Å². The highest BCUT2D eigenvalue weighted by Gasteiger charge is 2.25. The van der Waals surface area contributed by atoms with Crippen molar-refractivity contribution >= 4 is 16.8 Å². The van der Waals surface area contributed by atoms with Gasteiger partial charge in [0.05, 0.1) is 34.0 Å². The second-order valence-electron chi connectivity index (χ2n) is 7.24. The van der Waals surface area contributed by atoms with Crippen molar-refractivity contribution in [2.75, 3.05) is 28.4 Å². The molecule has 4 rings (SSSR count). The van der Waals surface area contributed by atoms with E-state index in [4.69, 9.17) is 23.4 Å². The molecule has 4 aromatic rings. The maximum Gasteiger partial charge on any atom is 0.239 e. The molecule has 0 radical (unpaired) electrons. The molecule has 0 aliphatic rings. The Bertz CT molecular complexity index is 1440. The molecule has 8 heteroatoms. The van der Waals surface area contributed by atoms with E-state index in [1.165, 1.54) is 34.5 Å². The highest BCUT2D eigenvalue weighted by Crippen LogP contribution is 2.44. The molecule has 0 aliphatic carbocycles. The molecule has 3 aromatic carbocycles. The molecule has 1 heterocycles. The molecule has 0 unspecified atom stereocenters. The van der Waals surface area contributed by atoms with Crippen LogP contribution in [0.4, 0.5) is 0 Å². The predicted octanol–water partition coefficient (Wildman–Crippen LogP) is 4.43. The first-order valence-electron chi connectivity index (χ1n) is 10.2. The summed E-state index contributed by atoms with van der Waals surface area (Å²) < 4.78 is 27.2. The van der Waals surface area contributed by atoms with Crippen molar-refractivity contribution in [3.63, 3.8) is 0 Å². The topological polar surface area (TPSA) is 104 Å². The quantitative estimate of drug-likeness (QED) is 0.402. The third-order valence-corrected chi connectivity index (χ3v) is 5.41. The number of phenolic OH excluding ortho intramolecular Hbond substituents is 1. The van der Waals surface area contributed by atoms with Gasteiger partial charge >= 0.3 is 0 Å². The average Bonchev–Trinajstić information content (AvgIpc) is 2.87. The zero-order valence-electron chi connectivity index (χ0n) is 19.0. The van der Waals surface area contributed by atoms with Gasteiger partial charge in [0.2, 0.25) is 16.9 Å². The molecule has 8 nitrogen and oxygen atoms in total. The lowest BCUT2D eigenvalue weighted by Gasteiger charge is -2.15. The number of carbonyl (C=O) groups is 1. The smallest absolute Gasteiger partial charge is 0.239 e. The fourth-order valence-electron chi connectivity index (χ4n) is 3.77. The molecule has 34 heavy (non-hydrogen) atoms. The van der Waals surface area contributed by atoms with Crippen LogP contribution >= 0.6 is 0 Å². The van der Waals surface area contributed by atoms with E-state index in [2.05, 4.69) is 0 Å². The van der Waals surface area contributed by atoms with Gasteiger partial charge in [-0.25, -0.2) is 0 Å². The number of carbonyl (C=O) groups excluding carboxylic acids is 1. The maximum absolute atomic E-state index is 13.3. The fourth-order valence-corrected chi connectivity index (χ4v) is 3.77. The highest BCUT2D eigenvalue weighted by atomic mass is 16.5. The van der Waals surface area contributed by atoms with Crippen molar-refractivity contribution in [3.05, 3.63) is 75.9 Å². The molecule has 0 bridgehead atoms. The van der Waals surface area contributed by atoms with E-state index < -0.39 is 11.2 Å². The van der Waals surface area contributed by atoms with Crippen LogP contribution in [-0.4, -0.2) is 39.3 Å². The Kier molecular flexibility index (Phi) is 6.14. The van der Waals surface area contributed by atoms with Crippen LogP contribution in [0.5, 0.6) is 28.7 Å². The highest BCUT2D eigenvalue weighted by molar-refractivity contribution is 6.11. The number of benzene rings is 3. The maximum atomic E-state index is 13.3. The predicted molar refractivity (Wildman–Crippen MR) is 126 cm³/mol. The van der Waals surface area contributed by atoms with Gasteiger partial charge in [0.15, 0.2) is 23.0 Å². The van der Waals surface area contributed by atoms with Crippen LogP contribution in [0.1, 0.15) is 15.9 Å². The Labute approximate surface area is 194 Å². The van der Waals surface area contributed by atoms with Gasteiger partial charge in [0, 0.05) is 17.2 Å². The summed E-state index contributed by atoms with van der Waals surface area (Å²) in [5.41, 5.74) is 0.620. The number of ether oxygens (including phenoxy) is 4. The van der Waals surface area contributed by atoms with Gasteiger partial charge < -0.3 is 28.5 Å². The number of hydrogen-bond acceptors (Lipinski definition) is 8.